The summed E-state index contributed by atoms with van der Waals surface area (Å²) in [5, 5.41) is 0.644. The van der Waals surface area contributed by atoms with E-state index >= 15 is 0 Å². The zero-order valence-electron chi connectivity index (χ0n) is 21.2. The van der Waals surface area contributed by atoms with Gasteiger partial charge in [0, 0.05) is 28.2 Å². The Balaban J connectivity index is 1.52. The summed E-state index contributed by atoms with van der Waals surface area (Å²) in [4.78, 5) is 12.0. The molecular formula is C31H25ClN4O2S. The Morgan fingerprint density at radius 1 is 0.744 bits per heavy atom. The normalized spacial score (nSPS) is 13.2. The Labute approximate surface area is 232 Å². The van der Waals surface area contributed by atoms with Gasteiger partial charge in [0.1, 0.15) is 23.1 Å². The second-order valence-corrected chi connectivity index (χ2v) is 12.1. The Morgan fingerprint density at radius 3 is 1.97 bits per heavy atom. The van der Waals surface area contributed by atoms with Crippen molar-refractivity contribution in [3.63, 3.8) is 0 Å². The van der Waals surface area contributed by atoms with Crippen LogP contribution in [0.1, 0.15) is 17.1 Å². The molecule has 0 aliphatic carbocycles. The van der Waals surface area contributed by atoms with E-state index in [9.17, 15) is 8.42 Å². The maximum atomic E-state index is 12.3. The molecule has 0 saturated heterocycles. The first-order chi connectivity index (χ1) is 18.9. The molecule has 0 unspecified atom stereocenters. The third-order valence-electron chi connectivity index (χ3n) is 6.56. The summed E-state index contributed by atoms with van der Waals surface area (Å²) in [5.74, 6) is 1.63. The second-order valence-electron chi connectivity index (χ2n) is 9.48. The highest BCUT2D eigenvalue weighted by Crippen LogP contribution is 2.35. The predicted molar refractivity (Wildman–Crippen MR) is 158 cm³/mol. The minimum atomic E-state index is -3.33. The zero-order chi connectivity index (χ0) is 27.0. The van der Waals surface area contributed by atoms with Crippen molar-refractivity contribution in [3.05, 3.63) is 131 Å². The van der Waals surface area contributed by atoms with Gasteiger partial charge in [-0.1, -0.05) is 84.4 Å². The molecule has 6 nitrogen and oxygen atoms in total. The van der Waals surface area contributed by atoms with Crippen molar-refractivity contribution in [2.24, 2.45) is 4.99 Å². The van der Waals surface area contributed by atoms with Crippen LogP contribution in [0.5, 0.6) is 0 Å². The monoisotopic (exact) mass is 552 g/mol. The van der Waals surface area contributed by atoms with Gasteiger partial charge in [0.15, 0.2) is 15.7 Å². The van der Waals surface area contributed by atoms with E-state index < -0.39 is 9.84 Å². The molecule has 1 aromatic heterocycles. The molecule has 2 heterocycles. The van der Waals surface area contributed by atoms with Crippen molar-refractivity contribution in [3.8, 4) is 16.8 Å². The van der Waals surface area contributed by atoms with Crippen LogP contribution in [0.3, 0.4) is 0 Å². The van der Waals surface area contributed by atoms with Crippen molar-refractivity contribution in [1.82, 2.24) is 9.55 Å². The summed E-state index contributed by atoms with van der Waals surface area (Å²) in [6.07, 6.45) is 1.22. The van der Waals surface area contributed by atoms with E-state index in [1.54, 1.807) is 0 Å². The van der Waals surface area contributed by atoms with E-state index in [4.69, 9.17) is 21.6 Å². The van der Waals surface area contributed by atoms with Crippen molar-refractivity contribution in [1.29, 1.82) is 0 Å². The number of nitrogens with zero attached hydrogens (tertiary/aromatic N) is 4. The first-order valence-corrected chi connectivity index (χ1v) is 14.9. The minimum Gasteiger partial charge on any atom is -0.320 e. The molecule has 0 amide bonds. The third kappa shape index (κ3) is 5.24. The Morgan fingerprint density at radius 2 is 1.33 bits per heavy atom. The lowest BCUT2D eigenvalue weighted by molar-refractivity contribution is 0.599. The van der Waals surface area contributed by atoms with E-state index in [1.165, 1.54) is 6.26 Å². The summed E-state index contributed by atoms with van der Waals surface area (Å²) in [6, 6.07) is 35.8. The van der Waals surface area contributed by atoms with Crippen molar-refractivity contribution >= 4 is 38.8 Å². The van der Waals surface area contributed by atoms with Crippen LogP contribution in [-0.2, 0) is 22.1 Å². The lowest BCUT2D eigenvalue weighted by Crippen LogP contribution is -2.33. The van der Waals surface area contributed by atoms with E-state index in [0.29, 0.717) is 28.9 Å². The van der Waals surface area contributed by atoms with Gasteiger partial charge in [-0.25, -0.2) is 18.4 Å². The molecule has 8 heteroatoms. The van der Waals surface area contributed by atoms with Gasteiger partial charge in [-0.3, -0.25) is 4.57 Å². The van der Waals surface area contributed by atoms with Crippen LogP contribution in [0, 0.1) is 0 Å². The maximum absolute atomic E-state index is 12.3. The lowest BCUT2D eigenvalue weighted by Gasteiger charge is -2.29. The van der Waals surface area contributed by atoms with Gasteiger partial charge in [-0.05, 0) is 47.5 Å². The number of para-hydroxylation sites is 1. The highest BCUT2D eigenvalue weighted by molar-refractivity contribution is 7.89. The van der Waals surface area contributed by atoms with Gasteiger partial charge >= 0.3 is 0 Å². The average Bonchev–Trinajstić information content (AvgIpc) is 3.29. The molecule has 1 aliphatic heterocycles. The SMILES string of the molecule is CS(=O)(=O)Cc1nc2c(n1-c1ccccc1)N=C(c1ccc(-c3ccccc3)cc1)N(c1ccc(Cl)cc1)C2. The molecule has 0 radical (unpaired) electrons. The quantitative estimate of drug-likeness (QED) is 0.231. The standard InChI is InChI=1S/C31H25ClN4O2S/c1-39(37,38)21-29-33-28-20-35(26-18-16-25(32)17-19-26)30(34-31(28)36(29)27-10-6-3-7-11-27)24-14-12-23(13-15-24)22-8-4-2-5-9-22/h2-19H,20-21H2,1H3. The molecule has 0 bridgehead atoms. The molecular weight excluding hydrogens is 528 g/mol. The lowest BCUT2D eigenvalue weighted by atomic mass is 10.0. The van der Waals surface area contributed by atoms with Crippen LogP contribution in [0.25, 0.3) is 16.8 Å². The molecule has 0 atom stereocenters. The van der Waals surface area contributed by atoms with Crippen molar-refractivity contribution in [2.45, 2.75) is 12.3 Å². The molecule has 0 N–H and O–H groups in total. The second kappa shape index (κ2) is 10.2. The van der Waals surface area contributed by atoms with Crippen LogP contribution in [0.15, 0.2) is 114 Å². The number of amidine groups is 1. The Bertz CT molecular complexity index is 1760. The number of aliphatic imine (C=N–C) groups is 1. The fraction of sp³-hybridized carbons (Fsp3) is 0.0968. The minimum absolute atomic E-state index is 0.188. The topological polar surface area (TPSA) is 67.6 Å². The highest BCUT2D eigenvalue weighted by Gasteiger charge is 2.29. The number of aromatic nitrogens is 2. The van der Waals surface area contributed by atoms with Gasteiger partial charge in [-0.2, -0.15) is 0 Å². The van der Waals surface area contributed by atoms with Crippen LogP contribution < -0.4 is 4.90 Å². The first kappa shape index (κ1) is 25.1. The highest BCUT2D eigenvalue weighted by atomic mass is 35.5. The number of benzene rings is 4. The number of imidazole rings is 1. The van der Waals surface area contributed by atoms with E-state index in [1.807, 2.05) is 77.4 Å². The smallest absolute Gasteiger partial charge is 0.164 e. The number of sulfone groups is 1. The van der Waals surface area contributed by atoms with Gasteiger partial charge < -0.3 is 4.90 Å². The summed E-state index contributed by atoms with van der Waals surface area (Å²) in [7, 11) is -3.33. The van der Waals surface area contributed by atoms with E-state index in [2.05, 4.69) is 41.3 Å². The summed E-state index contributed by atoms with van der Waals surface area (Å²) in [6.45, 7) is 0.423. The number of anilines is 1. The molecule has 39 heavy (non-hydrogen) atoms. The largest absolute Gasteiger partial charge is 0.320 e. The Hall–Kier alpha value is -4.20. The Kier molecular flexibility index (Phi) is 6.54. The molecule has 0 spiro atoms. The average molecular weight is 553 g/mol. The van der Waals surface area contributed by atoms with Crippen LogP contribution in [0.2, 0.25) is 5.02 Å². The molecule has 5 aromatic rings. The number of hydrogen-bond acceptors (Lipinski definition) is 5. The van der Waals surface area contributed by atoms with Gasteiger partial charge in [0.05, 0.1) is 6.54 Å². The summed E-state index contributed by atoms with van der Waals surface area (Å²) in [5.41, 5.74) is 5.61. The first-order valence-electron chi connectivity index (χ1n) is 12.5. The molecule has 1 aliphatic rings. The van der Waals surface area contributed by atoms with Gasteiger partial charge in [0.2, 0.25) is 0 Å². The predicted octanol–water partition coefficient (Wildman–Crippen LogP) is 6.84. The number of hydrogen-bond donors (Lipinski definition) is 0. The molecule has 4 aromatic carbocycles. The zero-order valence-corrected chi connectivity index (χ0v) is 22.8. The van der Waals surface area contributed by atoms with Crippen LogP contribution >= 0.6 is 11.6 Å². The van der Waals surface area contributed by atoms with Gasteiger partial charge in [-0.15, -0.1) is 0 Å². The molecule has 0 fully saturated rings. The number of rotatable bonds is 6. The van der Waals surface area contributed by atoms with Crippen LogP contribution in [0.4, 0.5) is 11.5 Å². The fourth-order valence-electron chi connectivity index (χ4n) is 4.79. The third-order valence-corrected chi connectivity index (χ3v) is 7.60. The van der Waals surface area contributed by atoms with Crippen molar-refractivity contribution < 1.29 is 8.42 Å². The van der Waals surface area contributed by atoms with E-state index in [-0.39, 0.29) is 5.75 Å². The fourth-order valence-corrected chi connectivity index (χ4v) is 5.58. The summed E-state index contributed by atoms with van der Waals surface area (Å²) < 4.78 is 26.5. The number of halogens is 1. The molecule has 0 saturated carbocycles. The van der Waals surface area contributed by atoms with Crippen molar-refractivity contribution in [2.75, 3.05) is 11.2 Å². The number of fused-ring (bicyclic) bond motifs is 1. The summed E-state index contributed by atoms with van der Waals surface area (Å²) >= 11 is 6.19. The van der Waals surface area contributed by atoms with E-state index in [0.717, 1.165) is 33.9 Å². The van der Waals surface area contributed by atoms with Crippen LogP contribution in [-0.4, -0.2) is 30.1 Å². The van der Waals surface area contributed by atoms with Gasteiger partial charge in [0.25, 0.3) is 0 Å². The molecule has 194 valence electrons. The molecule has 6 rings (SSSR count). The maximum Gasteiger partial charge on any atom is 0.164 e.